The van der Waals surface area contributed by atoms with Gasteiger partial charge in [-0.25, -0.2) is 4.98 Å². The molecule has 4 nitrogen and oxygen atoms in total. The lowest BCUT2D eigenvalue weighted by atomic mass is 10.1. The van der Waals surface area contributed by atoms with Crippen molar-refractivity contribution in [2.24, 2.45) is 0 Å². The van der Waals surface area contributed by atoms with Crippen LogP contribution in [0.5, 0.6) is 0 Å². The first-order valence-corrected chi connectivity index (χ1v) is 9.64. The molecule has 3 rings (SSSR count). The molecular formula is C21H23N3OS. The fraction of sp³-hybridized carbons (Fsp3) is 0.286. The van der Waals surface area contributed by atoms with Crippen molar-refractivity contribution in [1.82, 2.24) is 14.9 Å². The van der Waals surface area contributed by atoms with Crippen molar-refractivity contribution in [3.8, 4) is 10.6 Å². The Morgan fingerprint density at radius 1 is 1.12 bits per heavy atom. The van der Waals surface area contributed by atoms with E-state index in [2.05, 4.69) is 29.4 Å². The predicted molar refractivity (Wildman–Crippen MR) is 106 cm³/mol. The van der Waals surface area contributed by atoms with Crippen LogP contribution >= 0.6 is 11.3 Å². The Balaban J connectivity index is 1.51. The third kappa shape index (κ3) is 4.76. The molecule has 134 valence electrons. The third-order valence-electron chi connectivity index (χ3n) is 4.43. The Bertz CT molecular complexity index is 860. The molecule has 0 aliphatic rings. The van der Waals surface area contributed by atoms with Crippen LogP contribution in [-0.2, 0) is 17.6 Å². The smallest absolute Gasteiger partial charge is 0.222 e. The normalized spacial score (nSPS) is 10.7. The molecule has 0 saturated heterocycles. The summed E-state index contributed by atoms with van der Waals surface area (Å²) in [7, 11) is 1.86. The summed E-state index contributed by atoms with van der Waals surface area (Å²) in [5.74, 6) is 0.157. The Kier molecular flexibility index (Phi) is 6.12. The molecule has 0 aliphatic carbocycles. The Hall–Kier alpha value is -2.53. The minimum atomic E-state index is 0.157. The van der Waals surface area contributed by atoms with Gasteiger partial charge in [0.25, 0.3) is 0 Å². The van der Waals surface area contributed by atoms with Crippen LogP contribution in [0.1, 0.15) is 23.2 Å². The SMILES string of the molecule is Cc1ccccc1-c1nc(CCC(=O)N(C)CCc2ccncc2)cs1. The van der Waals surface area contributed by atoms with E-state index in [4.69, 9.17) is 4.98 Å². The second kappa shape index (κ2) is 8.72. The molecule has 0 N–H and O–H groups in total. The number of hydrogen-bond donors (Lipinski definition) is 0. The number of pyridine rings is 1. The molecule has 0 bridgehead atoms. The lowest BCUT2D eigenvalue weighted by Crippen LogP contribution is -2.29. The predicted octanol–water partition coefficient (Wildman–Crippen LogP) is 4.15. The molecule has 0 atom stereocenters. The van der Waals surface area contributed by atoms with Crippen molar-refractivity contribution < 1.29 is 4.79 Å². The monoisotopic (exact) mass is 365 g/mol. The number of thiazole rings is 1. The van der Waals surface area contributed by atoms with Crippen LogP contribution in [0.15, 0.2) is 54.2 Å². The second-order valence-electron chi connectivity index (χ2n) is 6.38. The van der Waals surface area contributed by atoms with Crippen LogP contribution in [0.25, 0.3) is 10.6 Å². The first-order valence-electron chi connectivity index (χ1n) is 8.77. The highest BCUT2D eigenvalue weighted by Crippen LogP contribution is 2.26. The van der Waals surface area contributed by atoms with Crippen molar-refractivity contribution in [3.05, 3.63) is 71.0 Å². The highest BCUT2D eigenvalue weighted by atomic mass is 32.1. The van der Waals surface area contributed by atoms with Crippen LogP contribution in [0.2, 0.25) is 0 Å². The summed E-state index contributed by atoms with van der Waals surface area (Å²) < 4.78 is 0. The first kappa shape index (κ1) is 18.3. The number of benzene rings is 1. The van der Waals surface area contributed by atoms with Gasteiger partial charge in [0.15, 0.2) is 0 Å². The molecule has 0 aliphatic heterocycles. The molecule has 1 amide bonds. The number of rotatable bonds is 7. The Morgan fingerprint density at radius 3 is 2.65 bits per heavy atom. The second-order valence-corrected chi connectivity index (χ2v) is 7.24. The quantitative estimate of drug-likeness (QED) is 0.632. The number of aromatic nitrogens is 2. The van der Waals surface area contributed by atoms with E-state index in [-0.39, 0.29) is 5.91 Å². The van der Waals surface area contributed by atoms with E-state index in [0.717, 1.165) is 17.1 Å². The average molecular weight is 366 g/mol. The van der Waals surface area contributed by atoms with E-state index in [0.29, 0.717) is 19.4 Å². The number of carbonyl (C=O) groups excluding carboxylic acids is 1. The molecule has 5 heteroatoms. The molecule has 0 radical (unpaired) electrons. The van der Waals surface area contributed by atoms with Crippen molar-refractivity contribution in [2.75, 3.05) is 13.6 Å². The number of amides is 1. The third-order valence-corrected chi connectivity index (χ3v) is 5.36. The summed E-state index contributed by atoms with van der Waals surface area (Å²) in [5, 5.41) is 3.09. The summed E-state index contributed by atoms with van der Waals surface area (Å²) in [5.41, 5.74) is 4.58. The van der Waals surface area contributed by atoms with Crippen LogP contribution < -0.4 is 0 Å². The van der Waals surface area contributed by atoms with Gasteiger partial charge < -0.3 is 4.90 Å². The van der Waals surface area contributed by atoms with Gasteiger partial charge in [0.1, 0.15) is 5.01 Å². The molecular weight excluding hydrogens is 342 g/mol. The molecule has 0 saturated carbocycles. The van der Waals surface area contributed by atoms with E-state index in [9.17, 15) is 4.79 Å². The lowest BCUT2D eigenvalue weighted by Gasteiger charge is -2.16. The van der Waals surface area contributed by atoms with E-state index >= 15 is 0 Å². The summed E-state index contributed by atoms with van der Waals surface area (Å²) in [6, 6.07) is 12.2. The van der Waals surface area contributed by atoms with Crippen molar-refractivity contribution in [3.63, 3.8) is 0 Å². The first-order chi connectivity index (χ1) is 12.6. The largest absolute Gasteiger partial charge is 0.345 e. The van der Waals surface area contributed by atoms with Crippen molar-refractivity contribution in [1.29, 1.82) is 0 Å². The Morgan fingerprint density at radius 2 is 1.88 bits per heavy atom. The van der Waals surface area contributed by atoms with Gasteiger partial charge in [-0.05, 0) is 43.0 Å². The molecule has 0 spiro atoms. The van der Waals surface area contributed by atoms with Gasteiger partial charge in [-0.2, -0.15) is 0 Å². The number of likely N-dealkylation sites (N-methyl/N-ethyl adjacent to an activating group) is 1. The molecule has 2 heterocycles. The molecule has 26 heavy (non-hydrogen) atoms. The Labute approximate surface area is 158 Å². The number of aryl methyl sites for hydroxylation is 2. The minimum Gasteiger partial charge on any atom is -0.345 e. The van der Waals surface area contributed by atoms with Crippen LogP contribution in [0.3, 0.4) is 0 Å². The van der Waals surface area contributed by atoms with Crippen LogP contribution in [0, 0.1) is 6.92 Å². The summed E-state index contributed by atoms with van der Waals surface area (Å²) in [6.45, 7) is 2.81. The lowest BCUT2D eigenvalue weighted by molar-refractivity contribution is -0.129. The maximum Gasteiger partial charge on any atom is 0.222 e. The van der Waals surface area contributed by atoms with Crippen LogP contribution in [0.4, 0.5) is 0 Å². The summed E-state index contributed by atoms with van der Waals surface area (Å²) in [4.78, 5) is 22.9. The zero-order valence-corrected chi connectivity index (χ0v) is 16.0. The van der Waals surface area contributed by atoms with E-state index in [1.165, 1.54) is 16.7 Å². The van der Waals surface area contributed by atoms with Gasteiger partial charge in [-0.1, -0.05) is 24.3 Å². The average Bonchev–Trinajstić information content (AvgIpc) is 3.14. The maximum atomic E-state index is 12.4. The highest BCUT2D eigenvalue weighted by Gasteiger charge is 2.12. The fourth-order valence-corrected chi connectivity index (χ4v) is 3.70. The number of carbonyl (C=O) groups is 1. The maximum absolute atomic E-state index is 12.4. The van der Waals surface area contributed by atoms with Gasteiger partial charge in [-0.15, -0.1) is 11.3 Å². The molecule has 3 aromatic rings. The fourth-order valence-electron chi connectivity index (χ4n) is 2.76. The zero-order valence-electron chi connectivity index (χ0n) is 15.2. The van der Waals surface area contributed by atoms with Crippen molar-refractivity contribution >= 4 is 17.2 Å². The standard InChI is InChI=1S/C21H23N3OS/c1-16-5-3-4-6-19(16)21-23-18(15-26-21)7-8-20(25)24(2)14-11-17-9-12-22-13-10-17/h3-6,9-10,12-13,15H,7-8,11,14H2,1-2H3. The van der Waals surface area contributed by atoms with Crippen LogP contribution in [-0.4, -0.2) is 34.4 Å². The number of hydrogen-bond acceptors (Lipinski definition) is 4. The number of nitrogens with zero attached hydrogens (tertiary/aromatic N) is 3. The molecule has 2 aromatic heterocycles. The molecule has 0 fully saturated rings. The topological polar surface area (TPSA) is 46.1 Å². The van der Waals surface area contributed by atoms with Gasteiger partial charge >= 0.3 is 0 Å². The zero-order chi connectivity index (χ0) is 18.4. The highest BCUT2D eigenvalue weighted by molar-refractivity contribution is 7.13. The van der Waals surface area contributed by atoms with Gasteiger partial charge in [-0.3, -0.25) is 9.78 Å². The van der Waals surface area contributed by atoms with Gasteiger partial charge in [0.2, 0.25) is 5.91 Å². The van der Waals surface area contributed by atoms with E-state index in [1.807, 2.05) is 31.3 Å². The minimum absolute atomic E-state index is 0.157. The summed E-state index contributed by atoms with van der Waals surface area (Å²) in [6.07, 6.45) is 5.58. The molecule has 1 aromatic carbocycles. The van der Waals surface area contributed by atoms with E-state index in [1.54, 1.807) is 28.6 Å². The van der Waals surface area contributed by atoms with E-state index < -0.39 is 0 Å². The van der Waals surface area contributed by atoms with Gasteiger partial charge in [0, 0.05) is 43.4 Å². The summed E-state index contributed by atoms with van der Waals surface area (Å²) >= 11 is 1.64. The molecule has 0 unspecified atom stereocenters. The van der Waals surface area contributed by atoms with Crippen molar-refractivity contribution in [2.45, 2.75) is 26.2 Å². The van der Waals surface area contributed by atoms with Gasteiger partial charge in [0.05, 0.1) is 5.69 Å².